The Hall–Kier alpha value is -3.25. The fourth-order valence-corrected chi connectivity index (χ4v) is 3.77. The Kier molecular flexibility index (Phi) is 4.56. The van der Waals surface area contributed by atoms with Crippen molar-refractivity contribution >= 4 is 34.4 Å². The topological polar surface area (TPSA) is 62.3 Å². The lowest BCUT2D eigenvalue weighted by molar-refractivity contribution is -0.137. The van der Waals surface area contributed by atoms with Crippen LogP contribution < -0.4 is 5.32 Å². The van der Waals surface area contributed by atoms with Crippen LogP contribution >= 0.6 is 11.3 Å². The minimum Gasteiger partial charge on any atom is -0.350 e. The maximum absolute atomic E-state index is 13.1. The summed E-state index contributed by atoms with van der Waals surface area (Å²) in [7, 11) is 0. The van der Waals surface area contributed by atoms with Crippen LogP contribution in [-0.2, 0) is 16.1 Å². The van der Waals surface area contributed by atoms with Crippen molar-refractivity contribution in [2.45, 2.75) is 13.5 Å². The number of nitrogens with one attached hydrogen (secondary N) is 1. The lowest BCUT2D eigenvalue weighted by Crippen LogP contribution is -2.32. The highest BCUT2D eigenvalue weighted by Crippen LogP contribution is 2.33. The first kappa shape index (κ1) is 17.2. The summed E-state index contributed by atoms with van der Waals surface area (Å²) in [5.41, 5.74) is 3.23. The molecular formula is C21H17N3O2S. The van der Waals surface area contributed by atoms with Crippen LogP contribution in [0.2, 0.25) is 0 Å². The number of carbonyl (C=O) groups excluding carboxylic acids is 2. The Bertz CT molecular complexity index is 1030. The number of amides is 2. The zero-order valence-electron chi connectivity index (χ0n) is 14.7. The smallest absolute Gasteiger partial charge is 0.278 e. The number of benzene rings is 1. The third-order valence-corrected chi connectivity index (χ3v) is 5.16. The monoisotopic (exact) mass is 375 g/mol. The Morgan fingerprint density at radius 2 is 1.93 bits per heavy atom. The van der Waals surface area contributed by atoms with Gasteiger partial charge in [-0.2, -0.15) is 0 Å². The first-order chi connectivity index (χ1) is 13.1. The van der Waals surface area contributed by atoms with Gasteiger partial charge in [0.05, 0.1) is 17.8 Å². The minimum atomic E-state index is -0.337. The molecule has 1 aliphatic rings. The predicted octanol–water partition coefficient (Wildman–Crippen LogP) is 3.84. The molecule has 2 amide bonds. The van der Waals surface area contributed by atoms with Crippen molar-refractivity contribution in [3.63, 3.8) is 0 Å². The molecular weight excluding hydrogens is 358 g/mol. The molecule has 27 heavy (non-hydrogen) atoms. The van der Waals surface area contributed by atoms with Gasteiger partial charge < -0.3 is 5.32 Å². The molecule has 0 aliphatic carbocycles. The summed E-state index contributed by atoms with van der Waals surface area (Å²) in [4.78, 5) is 32.4. The molecule has 3 aromatic rings. The van der Waals surface area contributed by atoms with Crippen LogP contribution in [0.5, 0.6) is 0 Å². The quantitative estimate of drug-likeness (QED) is 0.688. The van der Waals surface area contributed by atoms with Crippen molar-refractivity contribution in [1.29, 1.82) is 0 Å². The van der Waals surface area contributed by atoms with Crippen LogP contribution in [0.4, 0.5) is 5.69 Å². The molecule has 0 saturated heterocycles. The van der Waals surface area contributed by atoms with Gasteiger partial charge in [-0.05, 0) is 48.2 Å². The predicted molar refractivity (Wildman–Crippen MR) is 106 cm³/mol. The Labute approximate surface area is 161 Å². The SMILES string of the molecule is Cc1cccc(NC2=C(c3cccs3)C(=O)N(Cc3ccccn3)C2=O)c1. The number of aromatic nitrogens is 1. The van der Waals surface area contributed by atoms with E-state index in [-0.39, 0.29) is 18.4 Å². The van der Waals surface area contributed by atoms with Gasteiger partial charge in [-0.3, -0.25) is 19.5 Å². The van der Waals surface area contributed by atoms with Gasteiger partial charge in [-0.1, -0.05) is 24.3 Å². The third kappa shape index (κ3) is 3.39. The summed E-state index contributed by atoms with van der Waals surface area (Å²) < 4.78 is 0. The largest absolute Gasteiger partial charge is 0.350 e. The van der Waals surface area contributed by atoms with E-state index >= 15 is 0 Å². The summed E-state index contributed by atoms with van der Waals surface area (Å²) in [5.74, 6) is -0.640. The van der Waals surface area contributed by atoms with E-state index in [2.05, 4.69) is 10.3 Å². The maximum atomic E-state index is 13.1. The number of hydrogen-bond acceptors (Lipinski definition) is 5. The number of carbonyl (C=O) groups is 2. The molecule has 4 rings (SSSR count). The van der Waals surface area contributed by atoms with Crippen molar-refractivity contribution in [1.82, 2.24) is 9.88 Å². The van der Waals surface area contributed by atoms with Gasteiger partial charge in [0.2, 0.25) is 0 Å². The molecule has 0 unspecified atom stereocenters. The Morgan fingerprint density at radius 3 is 2.63 bits per heavy atom. The molecule has 1 aliphatic heterocycles. The average molecular weight is 375 g/mol. The second-order valence-electron chi connectivity index (χ2n) is 6.24. The van der Waals surface area contributed by atoms with E-state index in [1.54, 1.807) is 18.3 Å². The lowest BCUT2D eigenvalue weighted by atomic mass is 10.1. The summed E-state index contributed by atoms with van der Waals surface area (Å²) in [6.45, 7) is 2.13. The molecule has 3 heterocycles. The third-order valence-electron chi connectivity index (χ3n) is 4.27. The molecule has 2 aromatic heterocycles. The second-order valence-corrected chi connectivity index (χ2v) is 7.19. The highest BCUT2D eigenvalue weighted by molar-refractivity contribution is 7.11. The van der Waals surface area contributed by atoms with Gasteiger partial charge in [0.15, 0.2) is 0 Å². The number of rotatable bonds is 5. The van der Waals surface area contributed by atoms with Crippen LogP contribution in [0.25, 0.3) is 5.57 Å². The van der Waals surface area contributed by atoms with Crippen molar-refractivity contribution in [3.05, 3.63) is 88.0 Å². The number of thiophene rings is 1. The molecule has 1 aromatic carbocycles. The Balaban J connectivity index is 1.72. The average Bonchev–Trinajstić information content (AvgIpc) is 3.26. The van der Waals surface area contributed by atoms with Gasteiger partial charge in [-0.25, -0.2) is 0 Å². The standard InChI is InChI=1S/C21H17N3O2S/c1-14-6-4-8-15(12-14)23-19-18(17-9-5-11-27-17)20(25)24(21(19)26)13-16-7-2-3-10-22-16/h2-12,23H,13H2,1H3. The molecule has 6 heteroatoms. The molecule has 5 nitrogen and oxygen atoms in total. The summed E-state index contributed by atoms with van der Waals surface area (Å²) in [5, 5.41) is 5.06. The van der Waals surface area contributed by atoms with Gasteiger partial charge in [-0.15, -0.1) is 11.3 Å². The van der Waals surface area contributed by atoms with E-state index in [1.807, 2.05) is 54.8 Å². The van der Waals surface area contributed by atoms with Gasteiger partial charge in [0.25, 0.3) is 11.8 Å². The summed E-state index contributed by atoms with van der Waals surface area (Å²) in [6, 6.07) is 16.9. The summed E-state index contributed by atoms with van der Waals surface area (Å²) >= 11 is 1.44. The number of aryl methyl sites for hydroxylation is 1. The first-order valence-corrected chi connectivity index (χ1v) is 9.39. The number of hydrogen-bond donors (Lipinski definition) is 1. The van der Waals surface area contributed by atoms with Gasteiger partial charge in [0, 0.05) is 16.8 Å². The highest BCUT2D eigenvalue weighted by atomic mass is 32.1. The molecule has 0 fully saturated rings. The number of imide groups is 1. The minimum absolute atomic E-state index is 0.145. The highest BCUT2D eigenvalue weighted by Gasteiger charge is 2.39. The van der Waals surface area contributed by atoms with Crippen molar-refractivity contribution in [2.75, 3.05) is 5.32 Å². The second kappa shape index (κ2) is 7.17. The van der Waals surface area contributed by atoms with E-state index < -0.39 is 0 Å². The van der Waals surface area contributed by atoms with E-state index in [0.717, 1.165) is 16.1 Å². The van der Waals surface area contributed by atoms with E-state index in [1.165, 1.54) is 16.2 Å². The van der Waals surface area contributed by atoms with Gasteiger partial charge in [0.1, 0.15) is 5.70 Å². The zero-order chi connectivity index (χ0) is 18.8. The van der Waals surface area contributed by atoms with Crippen LogP contribution in [0, 0.1) is 6.92 Å². The zero-order valence-corrected chi connectivity index (χ0v) is 15.5. The van der Waals surface area contributed by atoms with E-state index in [0.29, 0.717) is 17.0 Å². The maximum Gasteiger partial charge on any atom is 0.278 e. The molecule has 0 radical (unpaired) electrons. The molecule has 0 bridgehead atoms. The molecule has 0 saturated carbocycles. The molecule has 0 spiro atoms. The number of nitrogens with zero attached hydrogens (tertiary/aromatic N) is 2. The van der Waals surface area contributed by atoms with E-state index in [4.69, 9.17) is 0 Å². The van der Waals surface area contributed by atoms with Crippen molar-refractivity contribution in [2.24, 2.45) is 0 Å². The number of pyridine rings is 1. The first-order valence-electron chi connectivity index (χ1n) is 8.51. The van der Waals surface area contributed by atoms with E-state index in [9.17, 15) is 9.59 Å². The van der Waals surface area contributed by atoms with Crippen LogP contribution in [0.3, 0.4) is 0 Å². The summed E-state index contributed by atoms with van der Waals surface area (Å²) in [6.07, 6.45) is 1.65. The normalized spacial score (nSPS) is 14.2. The van der Waals surface area contributed by atoms with Crippen molar-refractivity contribution < 1.29 is 9.59 Å². The van der Waals surface area contributed by atoms with Crippen molar-refractivity contribution in [3.8, 4) is 0 Å². The molecule has 0 atom stereocenters. The van der Waals surface area contributed by atoms with Crippen LogP contribution in [0.15, 0.2) is 71.9 Å². The Morgan fingerprint density at radius 1 is 1.04 bits per heavy atom. The fraction of sp³-hybridized carbons (Fsp3) is 0.0952. The lowest BCUT2D eigenvalue weighted by Gasteiger charge is -2.14. The fourth-order valence-electron chi connectivity index (χ4n) is 3.01. The van der Waals surface area contributed by atoms with Crippen LogP contribution in [-0.4, -0.2) is 21.7 Å². The molecule has 134 valence electrons. The number of anilines is 1. The van der Waals surface area contributed by atoms with Crippen LogP contribution in [0.1, 0.15) is 16.1 Å². The van der Waals surface area contributed by atoms with Gasteiger partial charge >= 0.3 is 0 Å². The molecule has 1 N–H and O–H groups in total.